The van der Waals surface area contributed by atoms with Gasteiger partial charge in [-0.1, -0.05) is 48.0 Å². The highest BCUT2D eigenvalue weighted by Gasteiger charge is 2.05. The summed E-state index contributed by atoms with van der Waals surface area (Å²) in [5.41, 5.74) is 8.50. The van der Waals surface area contributed by atoms with Crippen LogP contribution in [0.5, 0.6) is 5.75 Å². The first-order chi connectivity index (χ1) is 13.6. The van der Waals surface area contributed by atoms with Crippen molar-refractivity contribution < 1.29 is 9.53 Å². The summed E-state index contributed by atoms with van der Waals surface area (Å²) in [4.78, 5) is 15.3. The Bertz CT molecular complexity index is 1140. The summed E-state index contributed by atoms with van der Waals surface area (Å²) in [7, 11) is 0. The van der Waals surface area contributed by atoms with Crippen LogP contribution in [0.2, 0.25) is 5.02 Å². The van der Waals surface area contributed by atoms with E-state index in [-0.39, 0.29) is 5.69 Å². The molecule has 4 rings (SSSR count). The molecule has 4 aromatic rings. The van der Waals surface area contributed by atoms with Crippen molar-refractivity contribution in [2.75, 3.05) is 0 Å². The van der Waals surface area contributed by atoms with Crippen LogP contribution in [-0.4, -0.2) is 10.9 Å². The lowest BCUT2D eigenvalue weighted by Gasteiger charge is -2.09. The fraction of sp³-hybridized carbons (Fsp3) is 0.0435. The number of pyridine rings is 1. The zero-order valence-electron chi connectivity index (χ0n) is 14.9. The monoisotopic (exact) mass is 388 g/mol. The SMILES string of the molecule is NC(=O)c1ccc(-c2ccc3cc(OCc4ccc(Cl)cc4)ccc3c2)cn1. The van der Waals surface area contributed by atoms with Crippen molar-refractivity contribution in [1.82, 2.24) is 4.98 Å². The number of hydrogen-bond acceptors (Lipinski definition) is 3. The molecule has 0 aliphatic carbocycles. The van der Waals surface area contributed by atoms with Gasteiger partial charge in [0.05, 0.1) is 0 Å². The van der Waals surface area contributed by atoms with Crippen molar-refractivity contribution in [2.24, 2.45) is 5.73 Å². The second-order valence-corrected chi connectivity index (χ2v) is 6.87. The van der Waals surface area contributed by atoms with E-state index in [4.69, 9.17) is 22.1 Å². The van der Waals surface area contributed by atoms with Gasteiger partial charge in [-0.2, -0.15) is 0 Å². The number of primary amides is 1. The van der Waals surface area contributed by atoms with Crippen molar-refractivity contribution >= 4 is 28.3 Å². The van der Waals surface area contributed by atoms with Crippen LogP contribution in [0, 0.1) is 0 Å². The number of benzene rings is 3. The van der Waals surface area contributed by atoms with Crippen LogP contribution in [-0.2, 0) is 6.61 Å². The predicted octanol–water partition coefficient (Wildman–Crippen LogP) is 5.23. The maximum atomic E-state index is 11.2. The Morgan fingerprint density at radius 1 is 0.893 bits per heavy atom. The highest BCUT2D eigenvalue weighted by Crippen LogP contribution is 2.27. The summed E-state index contributed by atoms with van der Waals surface area (Å²) in [5.74, 6) is 0.277. The van der Waals surface area contributed by atoms with E-state index in [9.17, 15) is 4.79 Å². The van der Waals surface area contributed by atoms with Gasteiger partial charge in [0, 0.05) is 16.8 Å². The van der Waals surface area contributed by atoms with E-state index in [0.717, 1.165) is 33.2 Å². The third kappa shape index (κ3) is 3.97. The summed E-state index contributed by atoms with van der Waals surface area (Å²) < 4.78 is 5.89. The number of ether oxygens (including phenoxy) is 1. The Labute approximate surface area is 167 Å². The van der Waals surface area contributed by atoms with Gasteiger partial charge in [-0.05, 0) is 58.3 Å². The summed E-state index contributed by atoms with van der Waals surface area (Å²) in [5, 5.41) is 2.89. The lowest BCUT2D eigenvalue weighted by Crippen LogP contribution is -2.12. The highest BCUT2D eigenvalue weighted by molar-refractivity contribution is 6.30. The molecule has 0 fully saturated rings. The topological polar surface area (TPSA) is 65.2 Å². The number of aromatic nitrogens is 1. The first kappa shape index (κ1) is 18.0. The summed E-state index contributed by atoms with van der Waals surface area (Å²) in [6, 6.07) is 23.2. The van der Waals surface area contributed by atoms with Crippen LogP contribution < -0.4 is 10.5 Å². The van der Waals surface area contributed by atoms with E-state index in [1.54, 1.807) is 12.3 Å². The third-order valence-corrected chi connectivity index (χ3v) is 4.73. The van der Waals surface area contributed by atoms with Crippen LogP contribution in [0.25, 0.3) is 21.9 Å². The number of amides is 1. The lowest BCUT2D eigenvalue weighted by molar-refractivity contribution is 0.0995. The summed E-state index contributed by atoms with van der Waals surface area (Å²) in [6.07, 6.45) is 1.66. The molecule has 1 heterocycles. The minimum absolute atomic E-state index is 0.256. The Kier molecular flexibility index (Phi) is 4.96. The number of rotatable bonds is 5. The molecule has 2 N–H and O–H groups in total. The van der Waals surface area contributed by atoms with Gasteiger partial charge < -0.3 is 10.5 Å². The van der Waals surface area contributed by atoms with Crippen LogP contribution in [0.15, 0.2) is 79.0 Å². The second-order valence-electron chi connectivity index (χ2n) is 6.44. The fourth-order valence-electron chi connectivity index (χ4n) is 2.95. The van der Waals surface area contributed by atoms with Gasteiger partial charge in [0.15, 0.2) is 0 Å². The number of carbonyl (C=O) groups is 1. The highest BCUT2D eigenvalue weighted by atomic mass is 35.5. The molecule has 0 aliphatic heterocycles. The standard InChI is InChI=1S/C23H17ClN2O2/c24-20-7-1-15(2-8-20)14-28-21-9-5-16-11-17(3-4-18(16)12-21)19-6-10-22(23(25)27)26-13-19/h1-13H,14H2,(H2,25,27). The first-order valence-electron chi connectivity index (χ1n) is 8.76. The van der Waals surface area contributed by atoms with Crippen molar-refractivity contribution in [2.45, 2.75) is 6.61 Å². The number of carbonyl (C=O) groups excluding carboxylic acids is 1. The van der Waals surface area contributed by atoms with Crippen LogP contribution in [0.1, 0.15) is 16.1 Å². The molecule has 1 amide bonds. The number of halogens is 1. The fourth-order valence-corrected chi connectivity index (χ4v) is 3.08. The molecule has 0 radical (unpaired) electrons. The van der Waals surface area contributed by atoms with E-state index in [1.165, 1.54) is 0 Å². The maximum Gasteiger partial charge on any atom is 0.267 e. The molecule has 0 saturated heterocycles. The molecular weight excluding hydrogens is 372 g/mol. The molecule has 1 aromatic heterocycles. The van der Waals surface area contributed by atoms with Crippen LogP contribution in [0.3, 0.4) is 0 Å². The summed E-state index contributed by atoms with van der Waals surface area (Å²) >= 11 is 5.91. The van der Waals surface area contributed by atoms with Crippen molar-refractivity contribution in [1.29, 1.82) is 0 Å². The van der Waals surface area contributed by atoms with Gasteiger partial charge in [0.2, 0.25) is 0 Å². The number of nitrogens with two attached hydrogens (primary N) is 1. The largest absolute Gasteiger partial charge is 0.489 e. The van der Waals surface area contributed by atoms with Gasteiger partial charge >= 0.3 is 0 Å². The van der Waals surface area contributed by atoms with Crippen LogP contribution >= 0.6 is 11.6 Å². The Morgan fingerprint density at radius 2 is 1.61 bits per heavy atom. The molecule has 0 saturated carbocycles. The lowest BCUT2D eigenvalue weighted by atomic mass is 10.0. The van der Waals surface area contributed by atoms with E-state index in [1.807, 2.05) is 60.7 Å². The molecule has 0 atom stereocenters. The molecular formula is C23H17ClN2O2. The Balaban J connectivity index is 1.53. The average Bonchev–Trinajstić information content (AvgIpc) is 2.73. The third-order valence-electron chi connectivity index (χ3n) is 4.48. The number of fused-ring (bicyclic) bond motifs is 1. The first-order valence-corrected chi connectivity index (χ1v) is 9.13. The average molecular weight is 389 g/mol. The predicted molar refractivity (Wildman–Crippen MR) is 111 cm³/mol. The molecule has 0 bridgehead atoms. The van der Waals surface area contributed by atoms with Gasteiger partial charge in [0.25, 0.3) is 5.91 Å². The minimum Gasteiger partial charge on any atom is -0.489 e. The molecule has 3 aromatic carbocycles. The zero-order chi connectivity index (χ0) is 19.5. The smallest absolute Gasteiger partial charge is 0.267 e. The number of nitrogens with zero attached hydrogens (tertiary/aromatic N) is 1. The van der Waals surface area contributed by atoms with E-state index >= 15 is 0 Å². The molecule has 5 heteroatoms. The maximum absolute atomic E-state index is 11.2. The van der Waals surface area contributed by atoms with Gasteiger partial charge in [-0.25, -0.2) is 0 Å². The molecule has 0 unspecified atom stereocenters. The van der Waals surface area contributed by atoms with Gasteiger partial charge in [-0.15, -0.1) is 0 Å². The molecule has 28 heavy (non-hydrogen) atoms. The molecule has 4 nitrogen and oxygen atoms in total. The van der Waals surface area contributed by atoms with Crippen LogP contribution in [0.4, 0.5) is 0 Å². The van der Waals surface area contributed by atoms with E-state index in [2.05, 4.69) is 11.1 Å². The van der Waals surface area contributed by atoms with Crippen molar-refractivity contribution in [3.05, 3.63) is 95.3 Å². The van der Waals surface area contributed by atoms with Crippen molar-refractivity contribution in [3.8, 4) is 16.9 Å². The Morgan fingerprint density at radius 3 is 2.32 bits per heavy atom. The summed E-state index contributed by atoms with van der Waals surface area (Å²) in [6.45, 7) is 0.485. The molecule has 138 valence electrons. The Hall–Kier alpha value is -3.37. The van der Waals surface area contributed by atoms with E-state index in [0.29, 0.717) is 11.6 Å². The quantitative estimate of drug-likeness (QED) is 0.509. The minimum atomic E-state index is -0.531. The number of hydrogen-bond donors (Lipinski definition) is 1. The molecule has 0 spiro atoms. The zero-order valence-corrected chi connectivity index (χ0v) is 15.7. The molecule has 0 aliphatic rings. The van der Waals surface area contributed by atoms with E-state index < -0.39 is 5.91 Å². The second kappa shape index (κ2) is 7.71. The normalized spacial score (nSPS) is 10.8. The van der Waals surface area contributed by atoms with Crippen molar-refractivity contribution in [3.63, 3.8) is 0 Å². The van der Waals surface area contributed by atoms with Gasteiger partial charge in [0.1, 0.15) is 18.1 Å². The van der Waals surface area contributed by atoms with Gasteiger partial charge in [-0.3, -0.25) is 9.78 Å².